The molecule has 1 aromatic heterocycles. The third-order valence-electron chi connectivity index (χ3n) is 2.18. The highest BCUT2D eigenvalue weighted by Crippen LogP contribution is 2.32. The summed E-state index contributed by atoms with van der Waals surface area (Å²) in [6.45, 7) is 0. The largest absolute Gasteiger partial charge is 0.426 e. The van der Waals surface area contributed by atoms with Gasteiger partial charge in [0.1, 0.15) is 6.07 Å². The van der Waals surface area contributed by atoms with E-state index in [-0.39, 0.29) is 16.8 Å². The minimum absolute atomic E-state index is 0.0521. The predicted molar refractivity (Wildman–Crippen MR) is 56.7 cm³/mol. The van der Waals surface area contributed by atoms with E-state index in [1.807, 2.05) is 0 Å². The monoisotopic (exact) mass is 272 g/mol. The van der Waals surface area contributed by atoms with Crippen LogP contribution in [0, 0.1) is 11.3 Å². The summed E-state index contributed by atoms with van der Waals surface area (Å²) in [4.78, 5) is 3.59. The van der Waals surface area contributed by atoms with Crippen LogP contribution >= 0.6 is 11.6 Å². The standard InChI is InChI=1S/C11H4ClF3N2O/c12-10-17-8(5-16)9(18-10)6-1-3-7(4-2-6)11(13,14)15/h1-4H. The van der Waals surface area contributed by atoms with Gasteiger partial charge in [0.05, 0.1) is 5.56 Å². The van der Waals surface area contributed by atoms with Crippen molar-refractivity contribution in [2.45, 2.75) is 6.18 Å². The molecule has 18 heavy (non-hydrogen) atoms. The topological polar surface area (TPSA) is 49.8 Å². The molecule has 1 aromatic carbocycles. The Balaban J connectivity index is 2.44. The lowest BCUT2D eigenvalue weighted by molar-refractivity contribution is -0.137. The number of nitriles is 1. The van der Waals surface area contributed by atoms with Gasteiger partial charge in [-0.15, -0.1) is 0 Å². The van der Waals surface area contributed by atoms with Gasteiger partial charge in [-0.05, 0) is 23.7 Å². The fraction of sp³-hybridized carbons (Fsp3) is 0.0909. The molecule has 0 saturated carbocycles. The minimum atomic E-state index is -4.41. The van der Waals surface area contributed by atoms with Crippen molar-refractivity contribution in [1.82, 2.24) is 4.98 Å². The number of aromatic nitrogens is 1. The summed E-state index contributed by atoms with van der Waals surface area (Å²) in [5.74, 6) is 0.0521. The third-order valence-corrected chi connectivity index (χ3v) is 2.34. The third kappa shape index (κ3) is 2.31. The zero-order valence-corrected chi connectivity index (χ0v) is 9.38. The Morgan fingerprint density at radius 3 is 2.33 bits per heavy atom. The molecule has 0 fully saturated rings. The van der Waals surface area contributed by atoms with Gasteiger partial charge < -0.3 is 4.42 Å². The number of nitrogens with zero attached hydrogens (tertiary/aromatic N) is 2. The van der Waals surface area contributed by atoms with Crippen molar-refractivity contribution in [2.75, 3.05) is 0 Å². The lowest BCUT2D eigenvalue weighted by Gasteiger charge is -2.06. The Morgan fingerprint density at radius 2 is 1.83 bits per heavy atom. The molecule has 1 heterocycles. The Kier molecular flexibility index (Phi) is 3.01. The number of halogens is 4. The van der Waals surface area contributed by atoms with Crippen LogP contribution in [0.1, 0.15) is 11.3 Å². The normalized spacial score (nSPS) is 11.3. The number of benzene rings is 1. The first kappa shape index (κ1) is 12.5. The second kappa shape index (κ2) is 4.35. The van der Waals surface area contributed by atoms with Crippen molar-refractivity contribution < 1.29 is 17.6 Å². The van der Waals surface area contributed by atoms with Gasteiger partial charge in [0, 0.05) is 5.56 Å². The quantitative estimate of drug-likeness (QED) is 0.791. The Labute approximate surface area is 104 Å². The molecule has 0 bridgehead atoms. The van der Waals surface area contributed by atoms with Crippen molar-refractivity contribution in [1.29, 1.82) is 5.26 Å². The summed E-state index contributed by atoms with van der Waals surface area (Å²) in [5.41, 5.74) is -0.547. The van der Waals surface area contributed by atoms with Crippen LogP contribution in [0.25, 0.3) is 11.3 Å². The maximum absolute atomic E-state index is 12.4. The lowest BCUT2D eigenvalue weighted by Crippen LogP contribution is -2.03. The van der Waals surface area contributed by atoms with Crippen molar-refractivity contribution >= 4 is 11.6 Å². The fourth-order valence-corrected chi connectivity index (χ4v) is 1.54. The van der Waals surface area contributed by atoms with Gasteiger partial charge >= 0.3 is 6.18 Å². The van der Waals surface area contributed by atoms with Crippen LogP contribution in [0.5, 0.6) is 0 Å². The molecule has 3 nitrogen and oxygen atoms in total. The van der Waals surface area contributed by atoms with E-state index in [4.69, 9.17) is 21.3 Å². The smallest absolute Gasteiger partial charge is 0.416 e. The van der Waals surface area contributed by atoms with Crippen molar-refractivity contribution in [2.24, 2.45) is 0 Å². The van der Waals surface area contributed by atoms with Gasteiger partial charge in [0.2, 0.25) is 0 Å². The zero-order chi connectivity index (χ0) is 13.3. The molecule has 0 saturated heterocycles. The molecule has 7 heteroatoms. The highest BCUT2D eigenvalue weighted by molar-refractivity contribution is 6.27. The van der Waals surface area contributed by atoms with Crippen LogP contribution in [0.15, 0.2) is 28.7 Å². The van der Waals surface area contributed by atoms with E-state index in [9.17, 15) is 13.2 Å². The average molecular weight is 273 g/mol. The summed E-state index contributed by atoms with van der Waals surface area (Å²) in [7, 11) is 0. The second-order valence-electron chi connectivity index (χ2n) is 3.33. The van der Waals surface area contributed by atoms with Gasteiger partial charge in [0.25, 0.3) is 5.35 Å². The van der Waals surface area contributed by atoms with Gasteiger partial charge in [-0.25, -0.2) is 0 Å². The van der Waals surface area contributed by atoms with Gasteiger partial charge in [-0.3, -0.25) is 0 Å². The van der Waals surface area contributed by atoms with E-state index < -0.39 is 11.7 Å². The molecule has 0 unspecified atom stereocenters. The molecule has 92 valence electrons. The lowest BCUT2D eigenvalue weighted by atomic mass is 10.1. The molecule has 0 N–H and O–H groups in total. The zero-order valence-electron chi connectivity index (χ0n) is 8.62. The van der Waals surface area contributed by atoms with E-state index in [0.29, 0.717) is 5.56 Å². The number of oxazole rings is 1. The van der Waals surface area contributed by atoms with Crippen molar-refractivity contribution in [3.05, 3.63) is 40.9 Å². The number of rotatable bonds is 1. The first-order valence-electron chi connectivity index (χ1n) is 4.66. The van der Waals surface area contributed by atoms with Crippen LogP contribution in [-0.2, 0) is 6.18 Å². The van der Waals surface area contributed by atoms with Crippen LogP contribution < -0.4 is 0 Å². The molecular formula is C11H4ClF3N2O. The predicted octanol–water partition coefficient (Wildman–Crippen LogP) is 3.89. The molecule has 0 atom stereocenters. The maximum Gasteiger partial charge on any atom is 0.416 e. The average Bonchev–Trinajstić information content (AvgIpc) is 2.69. The van der Waals surface area contributed by atoms with Gasteiger partial charge in [-0.2, -0.15) is 23.4 Å². The van der Waals surface area contributed by atoms with Crippen LogP contribution in [0.3, 0.4) is 0 Å². The molecule has 0 radical (unpaired) electrons. The first-order chi connectivity index (χ1) is 8.41. The van der Waals surface area contributed by atoms with Crippen molar-refractivity contribution in [3.8, 4) is 17.4 Å². The number of hydrogen-bond donors (Lipinski definition) is 0. The second-order valence-corrected chi connectivity index (χ2v) is 3.65. The van der Waals surface area contributed by atoms with E-state index in [1.165, 1.54) is 12.1 Å². The molecular weight excluding hydrogens is 269 g/mol. The molecule has 0 aliphatic rings. The number of hydrogen-bond acceptors (Lipinski definition) is 3. The number of alkyl halides is 3. The SMILES string of the molecule is N#Cc1nc(Cl)oc1-c1ccc(C(F)(F)F)cc1. The molecule has 2 aromatic rings. The molecule has 2 rings (SSSR count). The maximum atomic E-state index is 12.4. The Morgan fingerprint density at radius 1 is 1.22 bits per heavy atom. The first-order valence-corrected chi connectivity index (χ1v) is 5.03. The summed E-state index contributed by atoms with van der Waals surface area (Å²) < 4.78 is 42.1. The van der Waals surface area contributed by atoms with E-state index >= 15 is 0 Å². The van der Waals surface area contributed by atoms with E-state index in [1.54, 1.807) is 6.07 Å². The molecule has 0 spiro atoms. The summed E-state index contributed by atoms with van der Waals surface area (Å²) >= 11 is 5.49. The Bertz CT molecular complexity index is 611. The Hall–Kier alpha value is -2.00. The highest BCUT2D eigenvalue weighted by Gasteiger charge is 2.30. The molecule has 0 aliphatic heterocycles. The summed E-state index contributed by atoms with van der Waals surface area (Å²) in [5, 5.41) is 8.53. The van der Waals surface area contributed by atoms with Gasteiger partial charge in [0.15, 0.2) is 11.5 Å². The minimum Gasteiger partial charge on any atom is -0.426 e. The van der Waals surface area contributed by atoms with Crippen LogP contribution in [0.4, 0.5) is 13.2 Å². The molecule has 0 aliphatic carbocycles. The van der Waals surface area contributed by atoms with E-state index in [0.717, 1.165) is 12.1 Å². The van der Waals surface area contributed by atoms with Gasteiger partial charge in [-0.1, -0.05) is 12.1 Å². The highest BCUT2D eigenvalue weighted by atomic mass is 35.5. The van der Waals surface area contributed by atoms with Crippen LogP contribution in [0.2, 0.25) is 5.35 Å². The van der Waals surface area contributed by atoms with Crippen molar-refractivity contribution in [3.63, 3.8) is 0 Å². The fourth-order valence-electron chi connectivity index (χ4n) is 1.38. The summed E-state index contributed by atoms with van der Waals surface area (Å²) in [6.07, 6.45) is -4.41. The molecule has 0 amide bonds. The van der Waals surface area contributed by atoms with Crippen LogP contribution in [-0.4, -0.2) is 4.98 Å². The van der Waals surface area contributed by atoms with E-state index in [2.05, 4.69) is 4.98 Å². The summed E-state index contributed by atoms with van der Waals surface area (Å²) in [6, 6.07) is 5.93.